The zero-order valence-corrected chi connectivity index (χ0v) is 10.2. The normalized spacial score (nSPS) is 10.4. The van der Waals surface area contributed by atoms with Crippen LogP contribution in [0.25, 0.3) is 10.1 Å². The molecule has 0 aliphatic carbocycles. The molecular weight excluding hydrogens is 282 g/mol. The summed E-state index contributed by atoms with van der Waals surface area (Å²) in [6.07, 6.45) is 0. The molecule has 0 saturated carbocycles. The maximum absolute atomic E-state index is 8.99. The molecule has 0 atom stereocenters. The Balaban J connectivity index is 2.84. The summed E-state index contributed by atoms with van der Waals surface area (Å²) >= 11 is 10.8. The van der Waals surface area contributed by atoms with Crippen molar-refractivity contribution in [3.63, 3.8) is 0 Å². The molecule has 0 unspecified atom stereocenters. The fraction of sp³-hybridized carbons (Fsp3) is 0.100. The van der Waals surface area contributed by atoms with Crippen molar-refractivity contribution in [1.82, 2.24) is 0 Å². The minimum atomic E-state index is 0.445. The third-order valence-electron chi connectivity index (χ3n) is 1.96. The van der Waals surface area contributed by atoms with E-state index in [1.807, 2.05) is 17.5 Å². The second-order valence-electron chi connectivity index (χ2n) is 2.85. The number of fused-ring (bicyclic) bond motifs is 1. The van der Waals surface area contributed by atoms with Crippen LogP contribution in [0.15, 0.2) is 22.0 Å². The maximum Gasteiger partial charge on any atom is 0.0999 e. The Kier molecular flexibility index (Phi) is 2.78. The highest BCUT2D eigenvalue weighted by atomic mass is 79.9. The predicted molar refractivity (Wildman–Crippen MR) is 63.8 cm³/mol. The molecule has 0 spiro atoms. The van der Waals surface area contributed by atoms with Crippen LogP contribution in [-0.4, -0.2) is 0 Å². The Morgan fingerprint density at radius 2 is 2.29 bits per heavy atom. The SMILES string of the molecule is N#Cc1cc(CCl)cc2scc(Br)c12. The van der Waals surface area contributed by atoms with Gasteiger partial charge in [0, 0.05) is 25.8 Å². The van der Waals surface area contributed by atoms with Gasteiger partial charge in [0.25, 0.3) is 0 Å². The summed E-state index contributed by atoms with van der Waals surface area (Å²) in [6.45, 7) is 0. The molecule has 0 fully saturated rings. The number of hydrogen-bond donors (Lipinski definition) is 0. The van der Waals surface area contributed by atoms with E-state index >= 15 is 0 Å². The molecule has 14 heavy (non-hydrogen) atoms. The first kappa shape index (κ1) is 9.97. The fourth-order valence-electron chi connectivity index (χ4n) is 1.35. The number of thiophene rings is 1. The first-order valence-corrected chi connectivity index (χ1v) is 6.12. The van der Waals surface area contributed by atoms with Gasteiger partial charge in [-0.2, -0.15) is 5.26 Å². The van der Waals surface area contributed by atoms with E-state index in [2.05, 4.69) is 22.0 Å². The van der Waals surface area contributed by atoms with Crippen LogP contribution in [-0.2, 0) is 5.88 Å². The van der Waals surface area contributed by atoms with E-state index in [-0.39, 0.29) is 0 Å². The molecule has 1 aromatic heterocycles. The summed E-state index contributed by atoms with van der Waals surface area (Å²) in [7, 11) is 0. The van der Waals surface area contributed by atoms with Crippen molar-refractivity contribution in [2.45, 2.75) is 5.88 Å². The Labute approximate surface area is 99.0 Å². The van der Waals surface area contributed by atoms with Gasteiger partial charge >= 0.3 is 0 Å². The molecule has 0 aliphatic rings. The maximum atomic E-state index is 8.99. The molecule has 1 nitrogen and oxygen atoms in total. The first-order valence-electron chi connectivity index (χ1n) is 3.92. The Morgan fingerprint density at radius 1 is 1.50 bits per heavy atom. The summed E-state index contributed by atoms with van der Waals surface area (Å²) in [4.78, 5) is 0. The van der Waals surface area contributed by atoms with Gasteiger partial charge < -0.3 is 0 Å². The highest BCUT2D eigenvalue weighted by molar-refractivity contribution is 9.10. The Morgan fingerprint density at radius 3 is 2.93 bits per heavy atom. The Bertz CT molecular complexity index is 527. The average Bonchev–Trinajstić information content (AvgIpc) is 2.59. The van der Waals surface area contributed by atoms with Crippen molar-refractivity contribution < 1.29 is 0 Å². The average molecular weight is 287 g/mol. The molecular formula is C10H5BrClNS. The largest absolute Gasteiger partial charge is 0.192 e. The van der Waals surface area contributed by atoms with Gasteiger partial charge in [0.1, 0.15) is 0 Å². The van der Waals surface area contributed by atoms with Gasteiger partial charge in [-0.25, -0.2) is 0 Å². The van der Waals surface area contributed by atoms with E-state index in [1.54, 1.807) is 11.3 Å². The number of alkyl halides is 1. The quantitative estimate of drug-likeness (QED) is 0.718. The monoisotopic (exact) mass is 285 g/mol. The van der Waals surface area contributed by atoms with Crippen LogP contribution in [0.2, 0.25) is 0 Å². The molecule has 0 saturated heterocycles. The lowest BCUT2D eigenvalue weighted by Crippen LogP contribution is -1.82. The molecule has 4 heteroatoms. The predicted octanol–water partition coefficient (Wildman–Crippen LogP) is 4.27. The zero-order chi connectivity index (χ0) is 10.1. The summed E-state index contributed by atoms with van der Waals surface area (Å²) in [6, 6.07) is 6.06. The summed E-state index contributed by atoms with van der Waals surface area (Å²) in [5.74, 6) is 0.445. The van der Waals surface area contributed by atoms with E-state index in [1.165, 1.54) is 0 Å². The van der Waals surface area contributed by atoms with Crippen LogP contribution in [0.4, 0.5) is 0 Å². The number of nitriles is 1. The standard InChI is InChI=1S/C10H5BrClNS/c11-8-5-14-9-2-6(3-12)1-7(4-13)10(8)9/h1-2,5H,3H2. The van der Waals surface area contributed by atoms with Crippen LogP contribution < -0.4 is 0 Å². The van der Waals surface area contributed by atoms with Crippen LogP contribution in [0.3, 0.4) is 0 Å². The Hall–Kier alpha value is -0.560. The van der Waals surface area contributed by atoms with E-state index in [4.69, 9.17) is 16.9 Å². The van der Waals surface area contributed by atoms with E-state index in [0.717, 1.165) is 20.1 Å². The zero-order valence-electron chi connectivity index (χ0n) is 7.05. The second kappa shape index (κ2) is 3.90. The van der Waals surface area contributed by atoms with Crippen LogP contribution in [0.1, 0.15) is 11.1 Å². The third-order valence-corrected chi connectivity index (χ3v) is 4.13. The highest BCUT2D eigenvalue weighted by Crippen LogP contribution is 2.33. The summed E-state index contributed by atoms with van der Waals surface area (Å²) < 4.78 is 2.08. The number of nitrogens with zero attached hydrogens (tertiary/aromatic N) is 1. The third kappa shape index (κ3) is 1.54. The highest BCUT2D eigenvalue weighted by Gasteiger charge is 2.08. The number of rotatable bonds is 1. The second-order valence-corrected chi connectivity index (χ2v) is 4.88. The van der Waals surface area contributed by atoms with Crippen molar-refractivity contribution in [2.24, 2.45) is 0 Å². The molecule has 2 rings (SSSR count). The van der Waals surface area contributed by atoms with Crippen molar-refractivity contribution in [1.29, 1.82) is 5.26 Å². The van der Waals surface area contributed by atoms with E-state index in [9.17, 15) is 0 Å². The molecule has 0 amide bonds. The minimum Gasteiger partial charge on any atom is -0.192 e. The number of hydrogen-bond acceptors (Lipinski definition) is 2. The lowest BCUT2D eigenvalue weighted by Gasteiger charge is -1.98. The minimum absolute atomic E-state index is 0.445. The molecule has 0 aliphatic heterocycles. The number of benzene rings is 1. The van der Waals surface area contributed by atoms with Crippen molar-refractivity contribution in [3.05, 3.63) is 33.1 Å². The fourth-order valence-corrected chi connectivity index (χ4v) is 3.25. The first-order chi connectivity index (χ1) is 6.76. The van der Waals surface area contributed by atoms with Gasteiger partial charge in [-0.1, -0.05) is 0 Å². The van der Waals surface area contributed by atoms with Crippen LogP contribution >= 0.6 is 38.9 Å². The molecule has 1 aromatic carbocycles. The lowest BCUT2D eigenvalue weighted by molar-refractivity contribution is 1.41. The van der Waals surface area contributed by atoms with Gasteiger partial charge in [0.15, 0.2) is 0 Å². The number of halogens is 2. The van der Waals surface area contributed by atoms with Gasteiger partial charge in [-0.05, 0) is 33.6 Å². The van der Waals surface area contributed by atoms with Crippen molar-refractivity contribution in [3.8, 4) is 6.07 Å². The van der Waals surface area contributed by atoms with Gasteiger partial charge in [0.05, 0.1) is 11.6 Å². The topological polar surface area (TPSA) is 23.8 Å². The van der Waals surface area contributed by atoms with E-state index < -0.39 is 0 Å². The molecule has 0 radical (unpaired) electrons. The summed E-state index contributed by atoms with van der Waals surface area (Å²) in [5, 5.41) is 12.0. The molecule has 0 N–H and O–H groups in total. The van der Waals surface area contributed by atoms with Crippen molar-refractivity contribution >= 4 is 49.0 Å². The van der Waals surface area contributed by atoms with Crippen molar-refractivity contribution in [2.75, 3.05) is 0 Å². The smallest absolute Gasteiger partial charge is 0.0999 e. The van der Waals surface area contributed by atoms with Crippen LogP contribution in [0.5, 0.6) is 0 Å². The lowest BCUT2D eigenvalue weighted by atomic mass is 10.1. The van der Waals surface area contributed by atoms with E-state index in [0.29, 0.717) is 11.4 Å². The summed E-state index contributed by atoms with van der Waals surface area (Å²) in [5.41, 5.74) is 1.68. The molecule has 2 aromatic rings. The van der Waals surface area contributed by atoms with Gasteiger partial charge in [-0.15, -0.1) is 22.9 Å². The van der Waals surface area contributed by atoms with Gasteiger partial charge in [0.2, 0.25) is 0 Å². The molecule has 1 heterocycles. The van der Waals surface area contributed by atoms with Crippen LogP contribution in [0, 0.1) is 11.3 Å². The molecule has 70 valence electrons. The molecule has 0 bridgehead atoms. The van der Waals surface area contributed by atoms with Gasteiger partial charge in [-0.3, -0.25) is 0 Å².